The number of rotatable bonds is 2. The molecule has 0 bridgehead atoms. The van der Waals surface area contributed by atoms with Crippen LogP contribution in [0.1, 0.15) is 32.6 Å². The molecule has 1 saturated carbocycles. The lowest BCUT2D eigenvalue weighted by molar-refractivity contribution is 0.152. The lowest BCUT2D eigenvalue weighted by atomic mass is 9.68. The van der Waals surface area contributed by atoms with Crippen molar-refractivity contribution in [2.24, 2.45) is 5.41 Å². The molecule has 3 rings (SSSR count). The molecule has 1 saturated heterocycles. The highest BCUT2D eigenvalue weighted by atomic mass is 32.2. The van der Waals surface area contributed by atoms with Crippen molar-refractivity contribution in [3.63, 3.8) is 0 Å². The van der Waals surface area contributed by atoms with Gasteiger partial charge in [-0.2, -0.15) is 4.31 Å². The van der Waals surface area contributed by atoms with E-state index < -0.39 is 10.0 Å². The fraction of sp³-hybridized carbons (Fsp3) is 0.615. The van der Waals surface area contributed by atoms with Crippen LogP contribution in [0.4, 0.5) is 0 Å². The molecule has 1 aliphatic carbocycles. The molecular weight excluding hydrogens is 248 g/mol. The third-order valence-corrected chi connectivity index (χ3v) is 6.21. The van der Waals surface area contributed by atoms with E-state index in [-0.39, 0.29) is 16.5 Å². The van der Waals surface area contributed by atoms with E-state index in [4.69, 9.17) is 0 Å². The van der Waals surface area contributed by atoms with E-state index in [1.807, 2.05) is 6.92 Å². The molecule has 1 aromatic rings. The Morgan fingerprint density at radius 1 is 1.39 bits per heavy atom. The van der Waals surface area contributed by atoms with Crippen LogP contribution in [-0.4, -0.2) is 30.3 Å². The Kier molecular flexibility index (Phi) is 2.71. The lowest BCUT2D eigenvalue weighted by Crippen LogP contribution is -2.37. The molecule has 18 heavy (non-hydrogen) atoms. The molecule has 1 spiro atoms. The Labute approximate surface area is 108 Å². The number of sulfonamides is 1. The molecule has 1 unspecified atom stereocenters. The average Bonchev–Trinajstić information content (AvgIpc) is 2.69. The standard InChI is InChI=1S/C13H18N2O2S/c1-11-9-13(6-4-7-13)10-15(11)18(16,17)12-5-2-3-8-14-12/h2-3,5,8,11H,4,6-7,9-10H2,1H3. The Hall–Kier alpha value is -0.940. The van der Waals surface area contributed by atoms with Crippen LogP contribution in [0, 0.1) is 5.41 Å². The van der Waals surface area contributed by atoms with E-state index >= 15 is 0 Å². The van der Waals surface area contributed by atoms with Crippen molar-refractivity contribution in [2.45, 2.75) is 43.7 Å². The highest BCUT2D eigenvalue weighted by Crippen LogP contribution is 2.51. The third-order valence-electron chi connectivity index (χ3n) is 4.34. The van der Waals surface area contributed by atoms with Gasteiger partial charge in [-0.3, -0.25) is 0 Å². The predicted octanol–water partition coefficient (Wildman–Crippen LogP) is 2.03. The fourth-order valence-corrected chi connectivity index (χ4v) is 4.94. The van der Waals surface area contributed by atoms with Gasteiger partial charge in [-0.1, -0.05) is 12.5 Å². The highest BCUT2D eigenvalue weighted by molar-refractivity contribution is 7.89. The van der Waals surface area contributed by atoms with Crippen LogP contribution in [0.15, 0.2) is 29.4 Å². The molecule has 0 radical (unpaired) electrons. The van der Waals surface area contributed by atoms with Crippen molar-refractivity contribution in [3.05, 3.63) is 24.4 Å². The molecule has 2 heterocycles. The first-order valence-electron chi connectivity index (χ1n) is 6.46. The summed E-state index contributed by atoms with van der Waals surface area (Å²) in [5.41, 5.74) is 0.265. The van der Waals surface area contributed by atoms with Crippen molar-refractivity contribution in [1.82, 2.24) is 9.29 Å². The smallest absolute Gasteiger partial charge is 0.243 e. The van der Waals surface area contributed by atoms with Crippen molar-refractivity contribution in [3.8, 4) is 0 Å². The molecule has 1 atom stereocenters. The molecule has 2 aliphatic rings. The summed E-state index contributed by atoms with van der Waals surface area (Å²) in [6.45, 7) is 2.68. The van der Waals surface area contributed by atoms with Gasteiger partial charge in [-0.15, -0.1) is 0 Å². The molecule has 0 amide bonds. The van der Waals surface area contributed by atoms with Gasteiger partial charge in [0.25, 0.3) is 10.0 Å². The van der Waals surface area contributed by atoms with Gasteiger partial charge < -0.3 is 0 Å². The molecule has 0 aromatic carbocycles. The number of pyridine rings is 1. The quantitative estimate of drug-likeness (QED) is 0.823. The van der Waals surface area contributed by atoms with Crippen LogP contribution < -0.4 is 0 Å². The van der Waals surface area contributed by atoms with E-state index in [9.17, 15) is 8.42 Å². The van der Waals surface area contributed by atoms with Gasteiger partial charge in [-0.25, -0.2) is 13.4 Å². The second kappa shape index (κ2) is 4.03. The fourth-order valence-electron chi connectivity index (χ4n) is 3.26. The molecule has 1 aromatic heterocycles. The number of hydrogen-bond acceptors (Lipinski definition) is 3. The maximum absolute atomic E-state index is 12.5. The molecule has 2 fully saturated rings. The zero-order valence-corrected chi connectivity index (χ0v) is 11.4. The van der Waals surface area contributed by atoms with Crippen LogP contribution in [0.5, 0.6) is 0 Å². The van der Waals surface area contributed by atoms with Gasteiger partial charge in [0.05, 0.1) is 0 Å². The average molecular weight is 266 g/mol. The van der Waals surface area contributed by atoms with Crippen LogP contribution in [-0.2, 0) is 10.0 Å². The van der Waals surface area contributed by atoms with Crippen LogP contribution >= 0.6 is 0 Å². The molecule has 98 valence electrons. The van der Waals surface area contributed by atoms with E-state index in [0.717, 1.165) is 6.42 Å². The third kappa shape index (κ3) is 1.77. The van der Waals surface area contributed by atoms with Crippen molar-refractivity contribution < 1.29 is 8.42 Å². The van der Waals surface area contributed by atoms with Gasteiger partial charge in [0.1, 0.15) is 0 Å². The summed E-state index contributed by atoms with van der Waals surface area (Å²) in [5.74, 6) is 0. The minimum absolute atomic E-state index is 0.0947. The van der Waals surface area contributed by atoms with E-state index in [0.29, 0.717) is 6.54 Å². The summed E-state index contributed by atoms with van der Waals surface area (Å²) in [6.07, 6.45) is 6.12. The predicted molar refractivity (Wildman–Crippen MR) is 68.5 cm³/mol. The maximum atomic E-state index is 12.5. The molecule has 1 aliphatic heterocycles. The minimum Gasteiger partial charge on any atom is -0.243 e. The summed E-state index contributed by atoms with van der Waals surface area (Å²) in [4.78, 5) is 3.99. The maximum Gasteiger partial charge on any atom is 0.260 e. The minimum atomic E-state index is -3.41. The first kappa shape index (κ1) is 12.1. The topological polar surface area (TPSA) is 50.3 Å². The van der Waals surface area contributed by atoms with Crippen molar-refractivity contribution >= 4 is 10.0 Å². The van der Waals surface area contributed by atoms with Crippen LogP contribution in [0.3, 0.4) is 0 Å². The number of aromatic nitrogens is 1. The SMILES string of the molecule is CC1CC2(CCC2)CN1S(=O)(=O)c1ccccn1. The van der Waals surface area contributed by atoms with E-state index in [1.54, 1.807) is 22.5 Å². The van der Waals surface area contributed by atoms with Gasteiger partial charge in [0, 0.05) is 18.8 Å². The Balaban J connectivity index is 1.91. The van der Waals surface area contributed by atoms with Crippen LogP contribution in [0.25, 0.3) is 0 Å². The molecular formula is C13H18N2O2S. The first-order chi connectivity index (χ1) is 8.54. The second-order valence-corrected chi connectivity index (χ2v) is 7.46. The van der Waals surface area contributed by atoms with Gasteiger partial charge in [0.2, 0.25) is 0 Å². The highest BCUT2D eigenvalue weighted by Gasteiger charge is 2.50. The Morgan fingerprint density at radius 3 is 2.67 bits per heavy atom. The second-order valence-electron chi connectivity index (χ2n) is 5.62. The molecule has 4 nitrogen and oxygen atoms in total. The first-order valence-corrected chi connectivity index (χ1v) is 7.90. The zero-order valence-electron chi connectivity index (χ0n) is 10.5. The number of nitrogens with zero attached hydrogens (tertiary/aromatic N) is 2. The van der Waals surface area contributed by atoms with E-state index in [2.05, 4.69) is 4.98 Å². The van der Waals surface area contributed by atoms with Crippen molar-refractivity contribution in [2.75, 3.05) is 6.54 Å². The Bertz CT molecular complexity index is 537. The van der Waals surface area contributed by atoms with Gasteiger partial charge >= 0.3 is 0 Å². The normalized spacial score (nSPS) is 27.3. The summed E-state index contributed by atoms with van der Waals surface area (Å²) < 4.78 is 26.7. The number of hydrogen-bond donors (Lipinski definition) is 0. The van der Waals surface area contributed by atoms with Gasteiger partial charge in [-0.05, 0) is 43.7 Å². The molecule has 0 N–H and O–H groups in total. The lowest BCUT2D eigenvalue weighted by Gasteiger charge is -2.37. The van der Waals surface area contributed by atoms with Crippen molar-refractivity contribution in [1.29, 1.82) is 0 Å². The zero-order chi connectivity index (χ0) is 12.8. The van der Waals surface area contributed by atoms with Crippen LogP contribution in [0.2, 0.25) is 0 Å². The Morgan fingerprint density at radius 2 is 2.17 bits per heavy atom. The summed E-state index contributed by atoms with van der Waals surface area (Å²) in [7, 11) is -3.41. The summed E-state index contributed by atoms with van der Waals surface area (Å²) >= 11 is 0. The largest absolute Gasteiger partial charge is 0.260 e. The summed E-state index contributed by atoms with van der Waals surface area (Å²) in [5, 5.41) is 0.174. The molecule has 5 heteroatoms. The van der Waals surface area contributed by atoms with Gasteiger partial charge in [0.15, 0.2) is 5.03 Å². The summed E-state index contributed by atoms with van der Waals surface area (Å²) in [6, 6.07) is 5.13. The van der Waals surface area contributed by atoms with E-state index in [1.165, 1.54) is 25.5 Å². The monoisotopic (exact) mass is 266 g/mol.